The quantitative estimate of drug-likeness (QED) is 0.721. The molecule has 1 amide bonds. The molecule has 3 rings (SSSR count). The fourth-order valence-electron chi connectivity index (χ4n) is 3.39. The summed E-state index contributed by atoms with van der Waals surface area (Å²) >= 11 is 6.02. The molecule has 0 aliphatic carbocycles. The number of hydrogen-bond acceptors (Lipinski definition) is 4. The molecule has 1 saturated heterocycles. The topological polar surface area (TPSA) is 75.7 Å². The van der Waals surface area contributed by atoms with Crippen molar-refractivity contribution in [2.75, 3.05) is 19.7 Å². The number of hydrogen-bond donors (Lipinski definition) is 1. The summed E-state index contributed by atoms with van der Waals surface area (Å²) in [7, 11) is -3.75. The van der Waals surface area contributed by atoms with Gasteiger partial charge in [-0.3, -0.25) is 4.79 Å². The molecule has 8 heteroatoms. The molecular weight excluding hydrogens is 412 g/mol. The SMILES string of the molecule is CCOc1ccc(Cl)cc1S(=O)(=O)N1CCC(C(=O)NCc2ccccc2)CC1. The number of nitrogens with zero attached hydrogens (tertiary/aromatic N) is 1. The Kier molecular flexibility index (Phi) is 7.16. The first-order valence-corrected chi connectivity index (χ1v) is 11.5. The number of rotatable bonds is 7. The number of nitrogens with one attached hydrogen (secondary N) is 1. The Morgan fingerprint density at radius 2 is 1.86 bits per heavy atom. The molecule has 1 heterocycles. The van der Waals surface area contributed by atoms with Crippen LogP contribution in [0.15, 0.2) is 53.4 Å². The van der Waals surface area contributed by atoms with E-state index in [1.54, 1.807) is 19.1 Å². The molecular formula is C21H25ClN2O4S. The van der Waals surface area contributed by atoms with Crippen LogP contribution in [-0.4, -0.2) is 38.3 Å². The standard InChI is InChI=1S/C21H25ClN2O4S/c1-2-28-19-9-8-18(22)14-20(19)29(26,27)24-12-10-17(11-13-24)21(25)23-15-16-6-4-3-5-7-16/h3-9,14,17H,2,10-13,15H2,1H3,(H,23,25). The van der Waals surface area contributed by atoms with Crippen molar-refractivity contribution in [1.82, 2.24) is 9.62 Å². The largest absolute Gasteiger partial charge is 0.492 e. The highest BCUT2D eigenvalue weighted by atomic mass is 35.5. The highest BCUT2D eigenvalue weighted by Gasteiger charge is 2.33. The Morgan fingerprint density at radius 1 is 1.17 bits per heavy atom. The van der Waals surface area contributed by atoms with E-state index in [4.69, 9.17) is 16.3 Å². The number of carbonyl (C=O) groups excluding carboxylic acids is 1. The van der Waals surface area contributed by atoms with Gasteiger partial charge in [0, 0.05) is 30.6 Å². The summed E-state index contributed by atoms with van der Waals surface area (Å²) in [6.45, 7) is 3.18. The Labute approximate surface area is 176 Å². The van der Waals surface area contributed by atoms with Gasteiger partial charge in [0.05, 0.1) is 6.61 Å². The molecule has 0 radical (unpaired) electrons. The Hall–Kier alpha value is -2.09. The van der Waals surface area contributed by atoms with Crippen molar-refractivity contribution in [3.05, 3.63) is 59.1 Å². The van der Waals surface area contributed by atoms with E-state index in [1.807, 2.05) is 30.3 Å². The summed E-state index contributed by atoms with van der Waals surface area (Å²) in [5, 5.41) is 3.28. The molecule has 1 fully saturated rings. The number of piperidine rings is 1. The summed E-state index contributed by atoms with van der Waals surface area (Å²) in [6.07, 6.45) is 0.953. The van der Waals surface area contributed by atoms with Crippen molar-refractivity contribution >= 4 is 27.5 Å². The van der Waals surface area contributed by atoms with Crippen LogP contribution in [0.4, 0.5) is 0 Å². The van der Waals surface area contributed by atoms with E-state index >= 15 is 0 Å². The molecule has 2 aromatic carbocycles. The van der Waals surface area contributed by atoms with E-state index in [9.17, 15) is 13.2 Å². The van der Waals surface area contributed by atoms with Crippen LogP contribution in [0.25, 0.3) is 0 Å². The predicted octanol–water partition coefficient (Wildman–Crippen LogP) is 3.46. The minimum absolute atomic E-state index is 0.0383. The van der Waals surface area contributed by atoms with E-state index in [2.05, 4.69) is 5.32 Å². The zero-order chi connectivity index (χ0) is 20.9. The molecule has 0 atom stereocenters. The van der Waals surface area contributed by atoms with Crippen LogP contribution in [0.3, 0.4) is 0 Å². The third-order valence-corrected chi connectivity index (χ3v) is 7.11. The second-order valence-corrected chi connectivity index (χ2v) is 9.25. The maximum atomic E-state index is 13.1. The van der Waals surface area contributed by atoms with Crippen LogP contribution >= 0.6 is 11.6 Å². The summed E-state index contributed by atoms with van der Waals surface area (Å²) in [5.41, 5.74) is 1.03. The third-order valence-electron chi connectivity index (χ3n) is 4.96. The van der Waals surface area contributed by atoms with Gasteiger partial charge in [0.2, 0.25) is 15.9 Å². The van der Waals surface area contributed by atoms with E-state index < -0.39 is 10.0 Å². The molecule has 0 bridgehead atoms. The van der Waals surface area contributed by atoms with Gasteiger partial charge in [0.25, 0.3) is 0 Å². The molecule has 1 aliphatic rings. The van der Waals surface area contributed by atoms with Crippen LogP contribution in [0.2, 0.25) is 5.02 Å². The van der Waals surface area contributed by atoms with Crippen molar-refractivity contribution in [2.24, 2.45) is 5.92 Å². The van der Waals surface area contributed by atoms with Gasteiger partial charge in [0.15, 0.2) is 0 Å². The van der Waals surface area contributed by atoms with Gasteiger partial charge in [-0.25, -0.2) is 8.42 Å². The number of amides is 1. The highest BCUT2D eigenvalue weighted by Crippen LogP contribution is 2.32. The molecule has 6 nitrogen and oxygen atoms in total. The number of ether oxygens (including phenoxy) is 1. The van der Waals surface area contributed by atoms with E-state index in [0.29, 0.717) is 36.8 Å². The van der Waals surface area contributed by atoms with Gasteiger partial charge in [-0.15, -0.1) is 0 Å². The first-order valence-electron chi connectivity index (χ1n) is 9.66. The number of carbonyl (C=O) groups is 1. The lowest BCUT2D eigenvalue weighted by molar-refractivity contribution is -0.126. The zero-order valence-electron chi connectivity index (χ0n) is 16.3. The Morgan fingerprint density at radius 3 is 2.52 bits per heavy atom. The first kappa shape index (κ1) is 21.6. The molecule has 29 heavy (non-hydrogen) atoms. The van der Waals surface area contributed by atoms with E-state index in [-0.39, 0.29) is 29.8 Å². The maximum absolute atomic E-state index is 13.1. The molecule has 0 spiro atoms. The van der Waals surface area contributed by atoms with Crippen LogP contribution in [0, 0.1) is 5.92 Å². The average Bonchev–Trinajstić information content (AvgIpc) is 2.74. The lowest BCUT2D eigenvalue weighted by atomic mass is 9.97. The van der Waals surface area contributed by atoms with Gasteiger partial charge in [-0.05, 0) is 43.5 Å². The zero-order valence-corrected chi connectivity index (χ0v) is 17.9. The smallest absolute Gasteiger partial charge is 0.246 e. The van der Waals surface area contributed by atoms with E-state index in [1.165, 1.54) is 10.4 Å². The van der Waals surface area contributed by atoms with Gasteiger partial charge in [0.1, 0.15) is 10.6 Å². The Bertz CT molecular complexity index is 942. The molecule has 0 saturated carbocycles. The molecule has 0 aromatic heterocycles. The lowest BCUT2D eigenvalue weighted by Crippen LogP contribution is -2.42. The second kappa shape index (κ2) is 9.61. The fourth-order valence-corrected chi connectivity index (χ4v) is 5.25. The molecule has 1 N–H and O–H groups in total. The van der Waals surface area contributed by atoms with Crippen molar-refractivity contribution in [2.45, 2.75) is 31.2 Å². The van der Waals surface area contributed by atoms with Crippen molar-refractivity contribution < 1.29 is 17.9 Å². The summed E-state index contributed by atoms with van der Waals surface area (Å²) < 4.78 is 33.1. The van der Waals surface area contributed by atoms with Crippen molar-refractivity contribution in [1.29, 1.82) is 0 Å². The predicted molar refractivity (Wildman–Crippen MR) is 112 cm³/mol. The summed E-state index contributed by atoms with van der Waals surface area (Å²) in [4.78, 5) is 12.5. The average molecular weight is 437 g/mol. The second-order valence-electron chi connectivity index (χ2n) is 6.91. The minimum Gasteiger partial charge on any atom is -0.492 e. The summed E-state index contributed by atoms with van der Waals surface area (Å²) in [6, 6.07) is 14.3. The normalized spacial score (nSPS) is 15.8. The lowest BCUT2D eigenvalue weighted by Gasteiger charge is -2.31. The van der Waals surface area contributed by atoms with Crippen LogP contribution in [-0.2, 0) is 21.4 Å². The monoisotopic (exact) mass is 436 g/mol. The van der Waals surface area contributed by atoms with Crippen LogP contribution in [0.5, 0.6) is 5.75 Å². The van der Waals surface area contributed by atoms with E-state index in [0.717, 1.165) is 5.56 Å². The van der Waals surface area contributed by atoms with Gasteiger partial charge < -0.3 is 10.1 Å². The molecule has 156 valence electrons. The highest BCUT2D eigenvalue weighted by molar-refractivity contribution is 7.89. The van der Waals surface area contributed by atoms with Crippen molar-refractivity contribution in [3.8, 4) is 5.75 Å². The fraction of sp³-hybridized carbons (Fsp3) is 0.381. The van der Waals surface area contributed by atoms with Gasteiger partial charge in [-0.2, -0.15) is 4.31 Å². The van der Waals surface area contributed by atoms with Gasteiger partial charge >= 0.3 is 0 Å². The molecule has 0 unspecified atom stereocenters. The maximum Gasteiger partial charge on any atom is 0.246 e. The number of benzene rings is 2. The van der Waals surface area contributed by atoms with Gasteiger partial charge in [-0.1, -0.05) is 41.9 Å². The first-order chi connectivity index (χ1) is 13.9. The third kappa shape index (κ3) is 5.29. The number of halogens is 1. The van der Waals surface area contributed by atoms with Crippen molar-refractivity contribution in [3.63, 3.8) is 0 Å². The molecule has 2 aromatic rings. The summed E-state index contributed by atoms with van der Waals surface area (Å²) in [5.74, 6) is 0.0548. The minimum atomic E-state index is -3.75. The number of sulfonamides is 1. The molecule has 1 aliphatic heterocycles. The van der Waals surface area contributed by atoms with Crippen LogP contribution < -0.4 is 10.1 Å². The Balaban J connectivity index is 1.62. The van der Waals surface area contributed by atoms with Crippen LogP contribution in [0.1, 0.15) is 25.3 Å².